The number of benzene rings is 1. The Bertz CT molecular complexity index is 1300. The number of rotatable bonds is 20. The van der Waals surface area contributed by atoms with E-state index in [-0.39, 0.29) is 25.1 Å². The zero-order valence-corrected chi connectivity index (χ0v) is 28.4. The molecule has 1 fully saturated rings. The lowest BCUT2D eigenvalue weighted by atomic mass is 10.0. The highest BCUT2D eigenvalue weighted by Crippen LogP contribution is 2.12. The smallest absolute Gasteiger partial charge is 0.326 e. The molecule has 1 saturated heterocycles. The van der Waals surface area contributed by atoms with Gasteiger partial charge in [-0.05, 0) is 83.7 Å². The average molecular weight is 710 g/mol. The number of aliphatic carboxylic acids is 1. The second-order valence-corrected chi connectivity index (χ2v) is 12.4. The Morgan fingerprint density at radius 3 is 1.74 bits per heavy atom. The number of aromatic hydroxyl groups is 1. The molecule has 9 atom stereocenters. The zero-order chi connectivity index (χ0) is 37.5. The number of aliphatic hydroxyl groups is 3. The molecule has 5 amide bonds. The Kier molecular flexibility index (Phi) is 17.0. The van der Waals surface area contributed by atoms with E-state index >= 15 is 0 Å². The highest BCUT2D eigenvalue weighted by atomic mass is 16.4. The van der Waals surface area contributed by atoms with Gasteiger partial charge in [-0.15, -0.1) is 0 Å². The Morgan fingerprint density at radius 1 is 0.760 bits per heavy atom. The summed E-state index contributed by atoms with van der Waals surface area (Å²) in [4.78, 5) is 77.7. The highest BCUT2D eigenvalue weighted by Gasteiger charge is 2.36. The third kappa shape index (κ3) is 13.2. The molecule has 18 heteroatoms. The predicted molar refractivity (Wildman–Crippen MR) is 178 cm³/mol. The van der Waals surface area contributed by atoms with Crippen LogP contribution >= 0.6 is 0 Å². The minimum atomic E-state index is -1.66. The van der Waals surface area contributed by atoms with Crippen LogP contribution in [0.4, 0.5) is 0 Å². The lowest BCUT2D eigenvalue weighted by Gasteiger charge is -2.29. The van der Waals surface area contributed by atoms with Crippen LogP contribution in [0, 0.1) is 0 Å². The van der Waals surface area contributed by atoms with Gasteiger partial charge in [0.15, 0.2) is 0 Å². The normalized spacial score (nSPS) is 19.0. The summed E-state index contributed by atoms with van der Waals surface area (Å²) in [7, 11) is 0. The first-order valence-corrected chi connectivity index (χ1v) is 16.6. The summed E-state index contributed by atoms with van der Waals surface area (Å²) in [5, 5.41) is 65.0. The molecule has 0 radical (unpaired) electrons. The van der Waals surface area contributed by atoms with Crippen molar-refractivity contribution in [2.75, 3.05) is 13.1 Å². The van der Waals surface area contributed by atoms with Gasteiger partial charge in [0.25, 0.3) is 0 Å². The molecule has 1 aromatic rings. The molecule has 13 N–H and O–H groups in total. The van der Waals surface area contributed by atoms with Crippen molar-refractivity contribution in [2.45, 2.75) is 114 Å². The first-order valence-electron chi connectivity index (χ1n) is 16.6. The number of hydrogen-bond donors (Lipinski definition) is 12. The number of nitrogens with one attached hydrogen (secondary N) is 6. The molecule has 0 aliphatic carbocycles. The number of carboxylic acid groups (broad SMARTS) is 1. The summed E-state index contributed by atoms with van der Waals surface area (Å²) in [5.74, 6) is -5.90. The minimum Gasteiger partial charge on any atom is -0.508 e. The molecule has 1 aliphatic rings. The molecule has 0 saturated carbocycles. The number of hydrogen-bond acceptors (Lipinski definition) is 12. The molecule has 2 rings (SSSR count). The van der Waals surface area contributed by atoms with Gasteiger partial charge >= 0.3 is 5.97 Å². The number of carbonyl (C=O) groups is 6. The summed E-state index contributed by atoms with van der Waals surface area (Å²) in [6.07, 6.45) is -2.54. The fourth-order valence-corrected chi connectivity index (χ4v) is 5.23. The molecule has 0 aromatic heterocycles. The van der Waals surface area contributed by atoms with E-state index in [2.05, 4.69) is 31.9 Å². The van der Waals surface area contributed by atoms with Gasteiger partial charge in [-0.2, -0.15) is 0 Å². The predicted octanol–water partition coefficient (Wildman–Crippen LogP) is -3.53. The van der Waals surface area contributed by atoms with Gasteiger partial charge in [0, 0.05) is 6.42 Å². The van der Waals surface area contributed by atoms with Crippen molar-refractivity contribution >= 4 is 35.5 Å². The van der Waals surface area contributed by atoms with E-state index in [9.17, 15) is 54.3 Å². The van der Waals surface area contributed by atoms with E-state index in [0.717, 1.165) is 6.42 Å². The van der Waals surface area contributed by atoms with Crippen molar-refractivity contribution in [3.63, 3.8) is 0 Å². The van der Waals surface area contributed by atoms with E-state index in [1.54, 1.807) is 0 Å². The number of carboxylic acids is 1. The summed E-state index contributed by atoms with van der Waals surface area (Å²) < 4.78 is 0. The maximum absolute atomic E-state index is 13.5. The molecule has 50 heavy (non-hydrogen) atoms. The summed E-state index contributed by atoms with van der Waals surface area (Å²) in [6.45, 7) is 4.54. The molecule has 1 heterocycles. The third-order valence-electron chi connectivity index (χ3n) is 8.14. The fraction of sp³-hybridized carbons (Fsp3) is 0.625. The van der Waals surface area contributed by atoms with Gasteiger partial charge in [0.1, 0.15) is 36.0 Å². The first-order chi connectivity index (χ1) is 23.5. The van der Waals surface area contributed by atoms with E-state index in [1.807, 2.05) is 0 Å². The highest BCUT2D eigenvalue weighted by molar-refractivity contribution is 5.96. The molecular weight excluding hydrogens is 658 g/mol. The lowest BCUT2D eigenvalue weighted by Crippen LogP contribution is -2.63. The zero-order valence-electron chi connectivity index (χ0n) is 28.4. The minimum absolute atomic E-state index is 0.0112. The van der Waals surface area contributed by atoms with Crippen molar-refractivity contribution in [3.8, 4) is 5.75 Å². The van der Waals surface area contributed by atoms with Crippen LogP contribution < -0.4 is 37.6 Å². The second-order valence-electron chi connectivity index (χ2n) is 12.4. The van der Waals surface area contributed by atoms with Crippen LogP contribution in [0.25, 0.3) is 0 Å². The van der Waals surface area contributed by atoms with Crippen molar-refractivity contribution in [1.82, 2.24) is 31.9 Å². The van der Waals surface area contributed by atoms with Crippen LogP contribution in [0.2, 0.25) is 0 Å². The third-order valence-corrected chi connectivity index (χ3v) is 8.14. The number of phenolic OH excluding ortho intramolecular Hbond substituents is 1. The molecular formula is C32H51N7O11. The Labute approximate surface area is 289 Å². The molecule has 0 spiro atoms. The fourth-order valence-electron chi connectivity index (χ4n) is 5.23. The molecule has 1 aliphatic heterocycles. The molecule has 0 bridgehead atoms. The van der Waals surface area contributed by atoms with Crippen molar-refractivity contribution in [3.05, 3.63) is 29.8 Å². The molecule has 280 valence electrons. The molecule has 18 nitrogen and oxygen atoms in total. The van der Waals surface area contributed by atoms with E-state index in [1.165, 1.54) is 45.0 Å². The van der Waals surface area contributed by atoms with Crippen molar-refractivity contribution < 1.29 is 54.3 Å². The summed E-state index contributed by atoms with van der Waals surface area (Å²) >= 11 is 0. The van der Waals surface area contributed by atoms with Crippen LogP contribution in [-0.4, -0.2) is 129 Å². The van der Waals surface area contributed by atoms with Crippen molar-refractivity contribution in [1.29, 1.82) is 0 Å². The SMILES string of the molecule is C[C@@H](O)[C@H](NC(=O)[C@H](CCCCN)NC(=O)[C@@H](NC(=O)[C@@H](NC(=O)[C@@H]1CCCN1)[C@@H](C)O)[C@@H](C)O)C(=O)N[C@@H](Cc1ccc(O)cc1)C(=O)O. The standard InChI is InChI=1S/C32H51N7O11/c1-16(40)24(30(47)36-23(32(49)50)15-19-9-11-20(43)12-10-19)38-28(45)22(7-4-5-13-33)35-29(46)25(17(2)41)39-31(48)26(18(3)42)37-27(44)21-8-6-14-34-21/h9-12,16-18,21-26,34,40-43H,4-8,13-15,33H2,1-3H3,(H,35,46)(H,36,47)(H,37,44)(H,38,45)(H,39,48)(H,49,50)/t16-,17-,18-,21+,22+,23+,24+,25+,26+/m1/s1. The number of amides is 5. The monoisotopic (exact) mass is 709 g/mol. The number of phenols is 1. The molecule has 0 unspecified atom stereocenters. The van der Waals surface area contributed by atoms with Gasteiger partial charge in [-0.3, -0.25) is 24.0 Å². The maximum Gasteiger partial charge on any atom is 0.326 e. The number of aliphatic hydroxyl groups excluding tert-OH is 3. The van der Waals surface area contributed by atoms with Crippen LogP contribution in [0.5, 0.6) is 5.75 Å². The number of carbonyl (C=O) groups excluding carboxylic acids is 5. The molecule has 1 aromatic carbocycles. The van der Waals surface area contributed by atoms with Crippen molar-refractivity contribution in [2.24, 2.45) is 5.73 Å². The van der Waals surface area contributed by atoms with E-state index in [0.29, 0.717) is 31.4 Å². The summed E-state index contributed by atoms with van der Waals surface area (Å²) in [6, 6.07) is -2.54. The van der Waals surface area contributed by atoms with Gasteiger partial charge in [0.2, 0.25) is 29.5 Å². The van der Waals surface area contributed by atoms with Crippen LogP contribution in [0.3, 0.4) is 0 Å². The van der Waals surface area contributed by atoms with E-state index in [4.69, 9.17) is 5.73 Å². The lowest BCUT2D eigenvalue weighted by molar-refractivity contribution is -0.143. The average Bonchev–Trinajstić information content (AvgIpc) is 3.59. The maximum atomic E-state index is 13.5. The number of nitrogens with two attached hydrogens (primary N) is 1. The number of unbranched alkanes of at least 4 members (excludes halogenated alkanes) is 1. The van der Waals surface area contributed by atoms with E-state index < -0.39 is 90.1 Å². The first kappa shape index (κ1) is 41.8. The Hall–Kier alpha value is -4.36. The second kappa shape index (κ2) is 20.3. The van der Waals surface area contributed by atoms with Gasteiger partial charge in [-0.25, -0.2) is 4.79 Å². The largest absolute Gasteiger partial charge is 0.508 e. The topological polar surface area (TPSA) is 302 Å². The van der Waals surface area contributed by atoms with Crippen LogP contribution in [0.1, 0.15) is 58.4 Å². The Balaban J connectivity index is 2.19. The van der Waals surface area contributed by atoms with Gasteiger partial charge < -0.3 is 63.2 Å². The Morgan fingerprint density at radius 2 is 1.26 bits per heavy atom. The quantitative estimate of drug-likeness (QED) is 0.0585. The van der Waals surface area contributed by atoms with Gasteiger partial charge in [-0.1, -0.05) is 12.1 Å². The van der Waals surface area contributed by atoms with Crippen LogP contribution in [-0.2, 0) is 35.2 Å². The van der Waals surface area contributed by atoms with Crippen LogP contribution in [0.15, 0.2) is 24.3 Å². The van der Waals surface area contributed by atoms with Gasteiger partial charge in [0.05, 0.1) is 24.4 Å². The summed E-state index contributed by atoms with van der Waals surface area (Å²) in [5.41, 5.74) is 6.06.